The van der Waals surface area contributed by atoms with E-state index in [0.29, 0.717) is 30.0 Å². The molecule has 0 bridgehead atoms. The molecule has 0 aromatic carbocycles. The number of rotatable bonds is 1. The van der Waals surface area contributed by atoms with Crippen molar-refractivity contribution in [3.63, 3.8) is 0 Å². The lowest BCUT2D eigenvalue weighted by molar-refractivity contribution is -0.118. The number of ketones is 1. The Morgan fingerprint density at radius 2 is 1.92 bits per heavy atom. The van der Waals surface area contributed by atoms with Gasteiger partial charge < -0.3 is 9.84 Å². The van der Waals surface area contributed by atoms with Crippen LogP contribution in [-0.4, -0.2) is 23.1 Å². The highest BCUT2D eigenvalue weighted by Crippen LogP contribution is 2.65. The quantitative estimate of drug-likeness (QED) is 0.714. The highest BCUT2D eigenvalue weighted by atomic mass is 16.7. The van der Waals surface area contributed by atoms with Crippen LogP contribution >= 0.6 is 0 Å². The molecule has 0 aromatic heterocycles. The van der Waals surface area contributed by atoms with Gasteiger partial charge in [0.1, 0.15) is 6.10 Å². The molecule has 4 heteroatoms. The van der Waals surface area contributed by atoms with Crippen LogP contribution in [0.1, 0.15) is 65.2 Å². The first kappa shape index (κ1) is 16.2. The predicted molar refractivity (Wildman–Crippen MR) is 89.6 cm³/mol. The molecule has 6 atom stereocenters. The molecule has 0 aromatic rings. The third-order valence-corrected chi connectivity index (χ3v) is 8.12. The Morgan fingerprint density at radius 3 is 2.67 bits per heavy atom. The highest BCUT2D eigenvalue weighted by Gasteiger charge is 2.59. The van der Waals surface area contributed by atoms with Gasteiger partial charge in [-0.05, 0) is 74.2 Å². The van der Waals surface area contributed by atoms with Gasteiger partial charge in [0, 0.05) is 11.8 Å². The van der Waals surface area contributed by atoms with E-state index in [1.54, 1.807) is 0 Å². The Kier molecular flexibility index (Phi) is 3.59. The summed E-state index contributed by atoms with van der Waals surface area (Å²) in [6.45, 7) is 4.64. The van der Waals surface area contributed by atoms with E-state index < -0.39 is 6.16 Å². The lowest BCUT2D eigenvalue weighted by atomic mass is 9.47. The molecule has 0 spiro atoms. The van der Waals surface area contributed by atoms with Gasteiger partial charge in [-0.2, -0.15) is 0 Å². The maximum absolute atomic E-state index is 11.9. The lowest BCUT2D eigenvalue weighted by Crippen LogP contribution is -2.51. The summed E-state index contributed by atoms with van der Waals surface area (Å²) in [6.07, 6.45) is 8.70. The largest absolute Gasteiger partial charge is 0.506 e. The molecular weight excluding hydrogens is 304 g/mol. The van der Waals surface area contributed by atoms with Gasteiger partial charge in [-0.1, -0.05) is 19.4 Å². The Morgan fingerprint density at radius 1 is 1.12 bits per heavy atom. The lowest BCUT2D eigenvalue weighted by Gasteiger charge is -2.57. The van der Waals surface area contributed by atoms with E-state index >= 15 is 0 Å². The van der Waals surface area contributed by atoms with Crippen LogP contribution in [0.3, 0.4) is 0 Å². The van der Waals surface area contributed by atoms with Crippen molar-refractivity contribution in [2.24, 2.45) is 28.6 Å². The van der Waals surface area contributed by atoms with Gasteiger partial charge in [0.25, 0.3) is 0 Å². The van der Waals surface area contributed by atoms with Gasteiger partial charge in [-0.25, -0.2) is 4.79 Å². The van der Waals surface area contributed by atoms with Crippen LogP contribution in [0.15, 0.2) is 11.6 Å². The summed E-state index contributed by atoms with van der Waals surface area (Å²) in [5.74, 6) is 2.17. The summed E-state index contributed by atoms with van der Waals surface area (Å²) in [6, 6.07) is 0. The number of carbonyl (C=O) groups excluding carboxylic acids is 1. The first-order chi connectivity index (χ1) is 11.3. The fraction of sp³-hybridized carbons (Fsp3) is 0.800. The predicted octanol–water partition coefficient (Wildman–Crippen LogP) is 4.58. The van der Waals surface area contributed by atoms with Crippen LogP contribution in [0, 0.1) is 28.6 Å². The van der Waals surface area contributed by atoms with Gasteiger partial charge in [0.05, 0.1) is 0 Å². The van der Waals surface area contributed by atoms with Crippen molar-refractivity contribution in [3.8, 4) is 0 Å². The number of hydrogen-bond donors (Lipinski definition) is 1. The molecule has 4 nitrogen and oxygen atoms in total. The van der Waals surface area contributed by atoms with Crippen LogP contribution in [0.25, 0.3) is 0 Å². The molecule has 0 radical (unpaired) electrons. The molecule has 24 heavy (non-hydrogen) atoms. The first-order valence-electron chi connectivity index (χ1n) is 9.48. The summed E-state index contributed by atoms with van der Waals surface area (Å²) < 4.78 is 5.27. The van der Waals surface area contributed by atoms with Gasteiger partial charge in [-0.15, -0.1) is 0 Å². The number of hydrogen-bond acceptors (Lipinski definition) is 3. The third kappa shape index (κ3) is 2.18. The van der Waals surface area contributed by atoms with Gasteiger partial charge >= 0.3 is 6.16 Å². The fourth-order valence-corrected chi connectivity index (χ4v) is 6.83. The SMILES string of the molecule is CC12CCC(=O)C=C1CCC1C2CCC2(C)C(OC(=O)O)CCC12. The summed E-state index contributed by atoms with van der Waals surface area (Å²) >= 11 is 0. The minimum Gasteiger partial charge on any atom is -0.450 e. The van der Waals surface area contributed by atoms with E-state index in [-0.39, 0.29) is 16.9 Å². The maximum Gasteiger partial charge on any atom is 0.506 e. The monoisotopic (exact) mass is 332 g/mol. The molecule has 3 fully saturated rings. The molecule has 3 saturated carbocycles. The Labute approximate surface area is 143 Å². The normalized spacial score (nSPS) is 47.2. The van der Waals surface area contributed by atoms with Crippen LogP contribution in [0.2, 0.25) is 0 Å². The number of allylic oxidation sites excluding steroid dienone is 1. The fourth-order valence-electron chi connectivity index (χ4n) is 6.83. The molecule has 6 unspecified atom stereocenters. The van der Waals surface area contributed by atoms with E-state index in [4.69, 9.17) is 9.84 Å². The van der Waals surface area contributed by atoms with Gasteiger partial charge in [0.15, 0.2) is 5.78 Å². The zero-order valence-corrected chi connectivity index (χ0v) is 14.7. The summed E-state index contributed by atoms with van der Waals surface area (Å²) in [4.78, 5) is 22.9. The second-order valence-electron chi connectivity index (χ2n) is 8.96. The van der Waals surface area contributed by atoms with Crippen LogP contribution in [0.4, 0.5) is 4.79 Å². The zero-order chi connectivity index (χ0) is 17.1. The van der Waals surface area contributed by atoms with Crippen molar-refractivity contribution in [3.05, 3.63) is 11.6 Å². The molecule has 0 amide bonds. The van der Waals surface area contributed by atoms with Crippen molar-refractivity contribution in [2.75, 3.05) is 0 Å². The van der Waals surface area contributed by atoms with Crippen molar-refractivity contribution in [1.29, 1.82) is 0 Å². The Bertz CT molecular complexity index is 609. The highest BCUT2D eigenvalue weighted by molar-refractivity contribution is 5.91. The molecule has 4 aliphatic carbocycles. The molecule has 1 N–H and O–H groups in total. The molecule has 0 aliphatic heterocycles. The summed E-state index contributed by atoms with van der Waals surface area (Å²) in [7, 11) is 0. The minimum absolute atomic E-state index is 0.00161. The molecule has 4 rings (SSSR count). The standard InChI is InChI=1S/C20H28O4/c1-19-9-7-13(21)11-12(19)3-4-14-15-5-6-17(24-18(22)23)20(15,2)10-8-16(14)19/h11,14-17H,3-10H2,1-2H3,(H,22,23). The number of ether oxygens (including phenoxy) is 1. The molecule has 0 saturated heterocycles. The van der Waals surface area contributed by atoms with Crippen molar-refractivity contribution >= 4 is 11.9 Å². The van der Waals surface area contributed by atoms with Crippen molar-refractivity contribution in [2.45, 2.75) is 71.3 Å². The Balaban J connectivity index is 1.62. The van der Waals surface area contributed by atoms with Crippen LogP contribution in [-0.2, 0) is 9.53 Å². The average Bonchev–Trinajstić information content (AvgIpc) is 2.84. The second kappa shape index (κ2) is 5.34. The van der Waals surface area contributed by atoms with Crippen LogP contribution in [0.5, 0.6) is 0 Å². The summed E-state index contributed by atoms with van der Waals surface area (Å²) in [5, 5.41) is 9.07. The summed E-state index contributed by atoms with van der Waals surface area (Å²) in [5.41, 5.74) is 1.57. The number of fused-ring (bicyclic) bond motifs is 5. The van der Waals surface area contributed by atoms with Gasteiger partial charge in [0.2, 0.25) is 0 Å². The zero-order valence-electron chi connectivity index (χ0n) is 14.7. The molecular formula is C20H28O4. The average molecular weight is 332 g/mol. The Hall–Kier alpha value is -1.32. The van der Waals surface area contributed by atoms with Gasteiger partial charge in [-0.3, -0.25) is 4.79 Å². The van der Waals surface area contributed by atoms with E-state index in [9.17, 15) is 9.59 Å². The van der Waals surface area contributed by atoms with E-state index in [2.05, 4.69) is 13.8 Å². The minimum atomic E-state index is -1.13. The number of carboxylic acid groups (broad SMARTS) is 1. The maximum atomic E-state index is 11.9. The first-order valence-corrected chi connectivity index (χ1v) is 9.48. The topological polar surface area (TPSA) is 63.6 Å². The van der Waals surface area contributed by atoms with E-state index in [0.717, 1.165) is 44.9 Å². The molecule has 4 aliphatic rings. The number of carbonyl (C=O) groups is 2. The van der Waals surface area contributed by atoms with Crippen molar-refractivity contribution in [1.82, 2.24) is 0 Å². The third-order valence-electron chi connectivity index (χ3n) is 8.12. The van der Waals surface area contributed by atoms with E-state index in [1.165, 1.54) is 5.57 Å². The van der Waals surface area contributed by atoms with Crippen molar-refractivity contribution < 1.29 is 19.4 Å². The molecule has 0 heterocycles. The van der Waals surface area contributed by atoms with E-state index in [1.807, 2.05) is 6.08 Å². The smallest absolute Gasteiger partial charge is 0.450 e. The van der Waals surface area contributed by atoms with Crippen LogP contribution < -0.4 is 0 Å². The molecule has 132 valence electrons. The second-order valence-corrected chi connectivity index (χ2v) is 8.96.